The summed E-state index contributed by atoms with van der Waals surface area (Å²) in [5.74, 6) is 1.55. The molecule has 0 unspecified atom stereocenters. The molecule has 0 N–H and O–H groups in total. The molecule has 0 spiro atoms. The molecule has 336 valence electrons. The molecule has 0 saturated carbocycles. The standard InChI is InChI=1S/C11H13F3.C10H13Cl.C10H12F3N.C10H13F.C9H12ClN/c1-7(2)9-5-4-8(3)10(6-9)11(12,13)14;1-7(2)9-5-4-8(3)10(11)6-9;1-6(2)8-4-9(10(11,12)13)7(3)14-5-8;1-7(2)9-5-4-8(3)10(11)6-9;1-6(2)8-4-9(10)7(3)11-5-8/h4-7H,1-3H3;4-7H,1-3H3;4-6H,1-3H3;4-7H,1-3H3;4-6H,1-3H3. The molecular weight excluding hydrogens is 832 g/mol. The minimum Gasteiger partial charge on any atom is -0.261 e. The lowest BCUT2D eigenvalue weighted by molar-refractivity contribution is -0.139. The van der Waals surface area contributed by atoms with E-state index in [1.165, 1.54) is 49.4 Å². The number of aromatic nitrogens is 2. The fourth-order valence-electron chi connectivity index (χ4n) is 5.23. The molecule has 2 heterocycles. The van der Waals surface area contributed by atoms with Crippen molar-refractivity contribution in [2.75, 3.05) is 0 Å². The van der Waals surface area contributed by atoms with Crippen molar-refractivity contribution in [3.05, 3.63) is 162 Å². The van der Waals surface area contributed by atoms with Gasteiger partial charge in [-0.05, 0) is 139 Å². The van der Waals surface area contributed by atoms with Crippen LogP contribution in [0.1, 0.15) is 166 Å². The molecule has 5 aromatic rings. The molecule has 0 fully saturated rings. The van der Waals surface area contributed by atoms with Crippen molar-refractivity contribution in [2.45, 2.75) is 146 Å². The average molecular weight is 896 g/mol. The summed E-state index contributed by atoms with van der Waals surface area (Å²) in [6, 6.07) is 19.3. The van der Waals surface area contributed by atoms with Crippen LogP contribution >= 0.6 is 23.2 Å². The highest BCUT2D eigenvalue weighted by Gasteiger charge is 2.34. The van der Waals surface area contributed by atoms with E-state index >= 15 is 0 Å². The van der Waals surface area contributed by atoms with Gasteiger partial charge in [-0.25, -0.2) is 4.39 Å². The van der Waals surface area contributed by atoms with Crippen molar-refractivity contribution in [1.82, 2.24) is 9.97 Å². The lowest BCUT2D eigenvalue weighted by Crippen LogP contribution is -2.10. The summed E-state index contributed by atoms with van der Waals surface area (Å²) in [6.45, 7) is 28.7. The first-order chi connectivity index (χ1) is 28.0. The minimum atomic E-state index is -4.30. The Morgan fingerprint density at radius 1 is 0.410 bits per heavy atom. The predicted molar refractivity (Wildman–Crippen MR) is 242 cm³/mol. The molecule has 2 aromatic heterocycles. The largest absolute Gasteiger partial charge is 0.418 e. The molecule has 0 atom stereocenters. The van der Waals surface area contributed by atoms with E-state index in [9.17, 15) is 30.7 Å². The second kappa shape index (κ2) is 24.6. The fourth-order valence-corrected chi connectivity index (χ4v) is 5.59. The zero-order valence-electron chi connectivity index (χ0n) is 38.2. The topological polar surface area (TPSA) is 25.8 Å². The Morgan fingerprint density at radius 2 is 0.754 bits per heavy atom. The average Bonchev–Trinajstić information content (AvgIpc) is 3.15. The number of hydrogen-bond donors (Lipinski definition) is 0. The Bertz CT molecular complexity index is 1920. The van der Waals surface area contributed by atoms with Gasteiger partial charge in [0.2, 0.25) is 0 Å². The number of pyridine rings is 2. The number of halogens is 9. The van der Waals surface area contributed by atoms with Gasteiger partial charge in [0.05, 0.1) is 21.8 Å². The van der Waals surface area contributed by atoms with Crippen LogP contribution in [0.3, 0.4) is 0 Å². The Balaban J connectivity index is 0.000000383. The number of benzene rings is 3. The van der Waals surface area contributed by atoms with Crippen LogP contribution in [0.5, 0.6) is 0 Å². The van der Waals surface area contributed by atoms with Crippen molar-refractivity contribution >= 4 is 23.2 Å². The predicted octanol–water partition coefficient (Wildman–Crippen LogP) is 17.9. The number of hydrogen-bond acceptors (Lipinski definition) is 2. The van der Waals surface area contributed by atoms with Gasteiger partial charge < -0.3 is 0 Å². The van der Waals surface area contributed by atoms with Crippen molar-refractivity contribution < 1.29 is 30.7 Å². The van der Waals surface area contributed by atoms with Crippen LogP contribution in [0.2, 0.25) is 10.0 Å². The number of rotatable bonds is 5. The van der Waals surface area contributed by atoms with Gasteiger partial charge in [-0.15, -0.1) is 0 Å². The highest BCUT2D eigenvalue weighted by atomic mass is 35.5. The summed E-state index contributed by atoms with van der Waals surface area (Å²) < 4.78 is 87.8. The normalized spacial score (nSPS) is 11.4. The second-order valence-corrected chi connectivity index (χ2v) is 17.4. The zero-order chi connectivity index (χ0) is 47.2. The molecule has 2 nitrogen and oxygen atoms in total. The molecule has 61 heavy (non-hydrogen) atoms. The van der Waals surface area contributed by atoms with Crippen LogP contribution in [-0.2, 0) is 12.4 Å². The van der Waals surface area contributed by atoms with Crippen molar-refractivity contribution in [3.8, 4) is 0 Å². The molecular formula is C50H63Cl2F7N2. The summed E-state index contributed by atoms with van der Waals surface area (Å²) >= 11 is 11.9. The maximum Gasteiger partial charge on any atom is 0.418 e. The first kappa shape index (κ1) is 55.1. The van der Waals surface area contributed by atoms with Gasteiger partial charge in [-0.2, -0.15) is 26.3 Å². The number of aryl methyl sites for hydroxylation is 5. The summed E-state index contributed by atoms with van der Waals surface area (Å²) in [4.78, 5) is 7.91. The van der Waals surface area contributed by atoms with E-state index in [4.69, 9.17) is 23.2 Å². The van der Waals surface area contributed by atoms with Crippen molar-refractivity contribution in [2.24, 2.45) is 0 Å². The third kappa shape index (κ3) is 18.9. The summed E-state index contributed by atoms with van der Waals surface area (Å²) in [5.41, 5.74) is 6.82. The lowest BCUT2D eigenvalue weighted by atomic mass is 9.98. The van der Waals surface area contributed by atoms with E-state index in [0.717, 1.165) is 38.0 Å². The van der Waals surface area contributed by atoms with E-state index in [1.807, 2.05) is 72.0 Å². The van der Waals surface area contributed by atoms with E-state index in [2.05, 4.69) is 63.6 Å². The molecule has 0 aliphatic heterocycles. The third-order valence-electron chi connectivity index (χ3n) is 9.75. The second-order valence-electron chi connectivity index (χ2n) is 16.6. The number of alkyl halides is 6. The van der Waals surface area contributed by atoms with Gasteiger partial charge in [-0.3, -0.25) is 9.97 Å². The summed E-state index contributed by atoms with van der Waals surface area (Å²) in [7, 11) is 0. The number of nitrogens with zero attached hydrogens (tertiary/aromatic N) is 2. The van der Waals surface area contributed by atoms with Crippen molar-refractivity contribution in [3.63, 3.8) is 0 Å². The van der Waals surface area contributed by atoms with Crippen molar-refractivity contribution in [1.29, 1.82) is 0 Å². The summed E-state index contributed by atoms with van der Waals surface area (Å²) in [5, 5.41) is 1.63. The molecule has 5 rings (SSSR count). The highest BCUT2D eigenvalue weighted by molar-refractivity contribution is 6.31. The molecule has 0 bridgehead atoms. The van der Waals surface area contributed by atoms with Gasteiger partial charge >= 0.3 is 12.4 Å². The van der Waals surface area contributed by atoms with Crippen LogP contribution < -0.4 is 0 Å². The Morgan fingerprint density at radius 3 is 1.15 bits per heavy atom. The maximum atomic E-state index is 12.9. The van der Waals surface area contributed by atoms with Crippen LogP contribution in [0, 0.1) is 40.4 Å². The van der Waals surface area contributed by atoms with E-state index in [-0.39, 0.29) is 28.9 Å². The molecule has 0 saturated heterocycles. The monoisotopic (exact) mass is 894 g/mol. The lowest BCUT2D eigenvalue weighted by Gasteiger charge is -2.13. The molecule has 11 heteroatoms. The Hall–Kier alpha value is -3.95. The molecule has 3 aromatic carbocycles. The summed E-state index contributed by atoms with van der Waals surface area (Å²) in [6.07, 6.45) is -5.17. The smallest absolute Gasteiger partial charge is 0.261 e. The van der Waals surface area contributed by atoms with Gasteiger partial charge in [0.1, 0.15) is 5.82 Å². The van der Waals surface area contributed by atoms with Crippen LogP contribution in [0.25, 0.3) is 0 Å². The molecule has 0 radical (unpaired) electrons. The fraction of sp³-hybridized carbons (Fsp3) is 0.440. The van der Waals surface area contributed by atoms with Crippen LogP contribution in [0.4, 0.5) is 30.7 Å². The quantitative estimate of drug-likeness (QED) is 0.164. The van der Waals surface area contributed by atoms with Crippen LogP contribution in [-0.4, -0.2) is 9.97 Å². The first-order valence-corrected chi connectivity index (χ1v) is 21.1. The van der Waals surface area contributed by atoms with E-state index in [1.54, 1.807) is 19.1 Å². The Labute approximate surface area is 370 Å². The molecule has 0 aliphatic carbocycles. The van der Waals surface area contributed by atoms with Crippen LogP contribution in [0.15, 0.2) is 79.1 Å². The SMILES string of the molecule is Cc1ccc(C(C)C)cc1C(F)(F)F.Cc1ccc(C(C)C)cc1Cl.Cc1ccc(C(C)C)cc1F.Cc1ncc(C(C)C)cc1C(F)(F)F.Cc1ncc(C(C)C)cc1Cl. The molecule has 0 aliphatic rings. The van der Waals surface area contributed by atoms with Gasteiger partial charge in [0.15, 0.2) is 0 Å². The minimum absolute atomic E-state index is 0.0295. The van der Waals surface area contributed by atoms with Gasteiger partial charge in [-0.1, -0.05) is 129 Å². The Kier molecular flexibility index (Phi) is 22.2. The van der Waals surface area contributed by atoms with Gasteiger partial charge in [0, 0.05) is 23.1 Å². The molecule has 0 amide bonds. The zero-order valence-corrected chi connectivity index (χ0v) is 39.7. The van der Waals surface area contributed by atoms with Gasteiger partial charge in [0.25, 0.3) is 0 Å². The van der Waals surface area contributed by atoms with E-state index < -0.39 is 23.5 Å². The maximum absolute atomic E-state index is 12.9. The van der Waals surface area contributed by atoms with E-state index in [0.29, 0.717) is 23.3 Å². The highest BCUT2D eigenvalue weighted by Crippen LogP contribution is 2.34. The third-order valence-corrected chi connectivity index (χ3v) is 10.5. The first-order valence-electron chi connectivity index (χ1n) is 20.3.